The van der Waals surface area contributed by atoms with Crippen molar-refractivity contribution >= 4 is 11.6 Å². The summed E-state index contributed by atoms with van der Waals surface area (Å²) in [5, 5.41) is 2.95. The van der Waals surface area contributed by atoms with Crippen LogP contribution in [0.3, 0.4) is 0 Å². The first-order chi connectivity index (χ1) is 7.63. The van der Waals surface area contributed by atoms with Crippen LogP contribution in [0.15, 0.2) is 17.1 Å². The Morgan fingerprint density at radius 2 is 2.12 bits per heavy atom. The van der Waals surface area contributed by atoms with Crippen LogP contribution in [0.4, 0.5) is 5.95 Å². The maximum atomic E-state index is 11.7. The highest BCUT2D eigenvalue weighted by Gasteiger charge is 2.06. The molecule has 0 atom stereocenters. The maximum absolute atomic E-state index is 11.7. The molecule has 0 saturated heterocycles. The van der Waals surface area contributed by atoms with Gasteiger partial charge in [0.15, 0.2) is 0 Å². The van der Waals surface area contributed by atoms with Gasteiger partial charge in [0.05, 0.1) is 0 Å². The minimum absolute atomic E-state index is 0.302. The molecule has 0 aromatic carbocycles. The fourth-order valence-corrected chi connectivity index (χ4v) is 1.54. The van der Waals surface area contributed by atoms with E-state index < -0.39 is 0 Å². The Bertz CT molecular complexity index is 588. The second-order valence-electron chi connectivity index (χ2n) is 3.68. The van der Waals surface area contributed by atoms with Crippen LogP contribution in [0.2, 0.25) is 0 Å². The standard InChI is InChI=1S/C11H14N4O/c1-4-12-10-13-9-8(3)7(2)5-6-15(9)11(16)14-10/h5-6H,4H2,1-3H3,(H,12,14,16). The monoisotopic (exact) mass is 218 g/mol. The molecule has 0 radical (unpaired) electrons. The zero-order valence-electron chi connectivity index (χ0n) is 9.61. The first-order valence-electron chi connectivity index (χ1n) is 5.24. The average molecular weight is 218 g/mol. The fourth-order valence-electron chi connectivity index (χ4n) is 1.54. The molecule has 0 fully saturated rings. The van der Waals surface area contributed by atoms with Gasteiger partial charge < -0.3 is 5.32 Å². The number of hydrogen-bond acceptors (Lipinski definition) is 4. The lowest BCUT2D eigenvalue weighted by Crippen LogP contribution is -2.21. The van der Waals surface area contributed by atoms with Crippen molar-refractivity contribution in [2.24, 2.45) is 0 Å². The van der Waals surface area contributed by atoms with Crippen LogP contribution in [-0.4, -0.2) is 20.9 Å². The van der Waals surface area contributed by atoms with Crippen molar-refractivity contribution in [3.63, 3.8) is 0 Å². The van der Waals surface area contributed by atoms with E-state index in [0.29, 0.717) is 18.1 Å². The lowest BCUT2D eigenvalue weighted by molar-refractivity contribution is 0.923. The molecule has 0 amide bonds. The maximum Gasteiger partial charge on any atom is 0.356 e. The second kappa shape index (κ2) is 3.92. The molecule has 2 aromatic rings. The van der Waals surface area contributed by atoms with Gasteiger partial charge >= 0.3 is 5.69 Å². The first kappa shape index (κ1) is 10.6. The van der Waals surface area contributed by atoms with E-state index in [1.165, 1.54) is 4.40 Å². The number of aromatic nitrogens is 3. The lowest BCUT2D eigenvalue weighted by atomic mass is 10.2. The molecule has 0 unspecified atom stereocenters. The quantitative estimate of drug-likeness (QED) is 0.821. The van der Waals surface area contributed by atoms with Gasteiger partial charge in [-0.1, -0.05) is 0 Å². The molecule has 2 aromatic heterocycles. The zero-order valence-corrected chi connectivity index (χ0v) is 9.61. The van der Waals surface area contributed by atoms with E-state index in [9.17, 15) is 4.79 Å². The molecule has 2 rings (SSSR count). The van der Waals surface area contributed by atoms with Gasteiger partial charge in [0.2, 0.25) is 5.95 Å². The predicted molar refractivity (Wildman–Crippen MR) is 62.9 cm³/mol. The molecule has 84 valence electrons. The number of anilines is 1. The van der Waals surface area contributed by atoms with Crippen LogP contribution >= 0.6 is 0 Å². The zero-order chi connectivity index (χ0) is 11.7. The van der Waals surface area contributed by atoms with Gasteiger partial charge in [0.1, 0.15) is 5.65 Å². The molecule has 16 heavy (non-hydrogen) atoms. The van der Waals surface area contributed by atoms with Crippen LogP contribution in [-0.2, 0) is 0 Å². The minimum Gasteiger partial charge on any atom is -0.354 e. The number of rotatable bonds is 2. The number of fused-ring (bicyclic) bond motifs is 1. The largest absolute Gasteiger partial charge is 0.356 e. The normalized spacial score (nSPS) is 10.7. The molecule has 2 heterocycles. The molecular formula is C11H14N4O. The van der Waals surface area contributed by atoms with Gasteiger partial charge in [-0.2, -0.15) is 9.97 Å². The van der Waals surface area contributed by atoms with E-state index in [0.717, 1.165) is 11.1 Å². The molecule has 0 aliphatic heterocycles. The van der Waals surface area contributed by atoms with Gasteiger partial charge in [-0.3, -0.25) is 4.40 Å². The smallest absolute Gasteiger partial charge is 0.354 e. The van der Waals surface area contributed by atoms with Crippen molar-refractivity contribution in [1.82, 2.24) is 14.4 Å². The number of aryl methyl sites for hydroxylation is 2. The molecule has 0 bridgehead atoms. The molecule has 0 saturated carbocycles. The average Bonchev–Trinajstić information content (AvgIpc) is 2.25. The van der Waals surface area contributed by atoms with E-state index in [4.69, 9.17) is 0 Å². The van der Waals surface area contributed by atoms with Gasteiger partial charge in [-0.05, 0) is 38.0 Å². The third-order valence-electron chi connectivity index (χ3n) is 2.58. The van der Waals surface area contributed by atoms with Crippen LogP contribution in [0.5, 0.6) is 0 Å². The molecular weight excluding hydrogens is 204 g/mol. The Morgan fingerprint density at radius 1 is 1.38 bits per heavy atom. The van der Waals surface area contributed by atoms with Gasteiger partial charge in [-0.15, -0.1) is 0 Å². The number of pyridine rings is 1. The Kier molecular flexibility index (Phi) is 2.60. The Balaban J connectivity index is 2.78. The second-order valence-corrected chi connectivity index (χ2v) is 3.68. The summed E-state index contributed by atoms with van der Waals surface area (Å²) in [6, 6.07) is 1.89. The minimum atomic E-state index is -0.302. The number of hydrogen-bond donors (Lipinski definition) is 1. The van der Waals surface area contributed by atoms with Crippen molar-refractivity contribution in [1.29, 1.82) is 0 Å². The first-order valence-corrected chi connectivity index (χ1v) is 5.24. The van der Waals surface area contributed by atoms with Crippen molar-refractivity contribution in [2.75, 3.05) is 11.9 Å². The summed E-state index contributed by atoms with van der Waals surface area (Å²) < 4.78 is 1.46. The number of nitrogens with zero attached hydrogens (tertiary/aromatic N) is 3. The number of nitrogens with one attached hydrogen (secondary N) is 1. The van der Waals surface area contributed by atoms with Gasteiger partial charge in [-0.25, -0.2) is 4.79 Å². The highest BCUT2D eigenvalue weighted by atomic mass is 16.1. The third-order valence-corrected chi connectivity index (χ3v) is 2.58. The molecule has 5 nitrogen and oxygen atoms in total. The summed E-state index contributed by atoms with van der Waals surface area (Å²) >= 11 is 0. The molecule has 5 heteroatoms. The van der Waals surface area contributed by atoms with Gasteiger partial charge in [0, 0.05) is 12.7 Å². The van der Waals surface area contributed by atoms with Crippen molar-refractivity contribution in [3.8, 4) is 0 Å². The predicted octanol–water partition coefficient (Wildman–Crippen LogP) is 1.14. The highest BCUT2D eigenvalue weighted by molar-refractivity contribution is 5.52. The van der Waals surface area contributed by atoms with Crippen LogP contribution in [0, 0.1) is 13.8 Å². The van der Waals surface area contributed by atoms with Crippen LogP contribution < -0.4 is 11.0 Å². The fraction of sp³-hybridized carbons (Fsp3) is 0.364. The third kappa shape index (κ3) is 1.64. The van der Waals surface area contributed by atoms with Crippen LogP contribution in [0.1, 0.15) is 18.1 Å². The van der Waals surface area contributed by atoms with E-state index in [-0.39, 0.29) is 5.69 Å². The molecule has 0 aliphatic rings. The Morgan fingerprint density at radius 3 is 2.81 bits per heavy atom. The van der Waals surface area contributed by atoms with E-state index in [1.807, 2.05) is 26.8 Å². The molecule has 0 aliphatic carbocycles. The van der Waals surface area contributed by atoms with E-state index in [2.05, 4.69) is 15.3 Å². The topological polar surface area (TPSA) is 59.3 Å². The summed E-state index contributed by atoms with van der Waals surface area (Å²) in [6.07, 6.45) is 1.70. The lowest BCUT2D eigenvalue weighted by Gasteiger charge is -2.07. The van der Waals surface area contributed by atoms with Crippen LogP contribution in [0.25, 0.3) is 5.65 Å². The summed E-state index contributed by atoms with van der Waals surface area (Å²) in [5.74, 6) is 0.390. The summed E-state index contributed by atoms with van der Waals surface area (Å²) in [4.78, 5) is 19.9. The summed E-state index contributed by atoms with van der Waals surface area (Å²) in [5.41, 5.74) is 2.47. The summed E-state index contributed by atoms with van der Waals surface area (Å²) in [6.45, 7) is 6.58. The van der Waals surface area contributed by atoms with Crippen molar-refractivity contribution in [3.05, 3.63) is 33.9 Å². The van der Waals surface area contributed by atoms with Gasteiger partial charge in [0.25, 0.3) is 0 Å². The molecule has 1 N–H and O–H groups in total. The van der Waals surface area contributed by atoms with Crippen molar-refractivity contribution < 1.29 is 0 Å². The van der Waals surface area contributed by atoms with E-state index >= 15 is 0 Å². The van der Waals surface area contributed by atoms with E-state index in [1.54, 1.807) is 6.20 Å². The SMILES string of the molecule is CCNc1nc(=O)n2ccc(C)c(C)c2n1. The Hall–Kier alpha value is -1.91. The Labute approximate surface area is 93.2 Å². The summed E-state index contributed by atoms with van der Waals surface area (Å²) in [7, 11) is 0. The van der Waals surface area contributed by atoms with Crippen molar-refractivity contribution in [2.45, 2.75) is 20.8 Å². The molecule has 0 spiro atoms. The highest BCUT2D eigenvalue weighted by Crippen LogP contribution is 2.11.